The predicted octanol–water partition coefficient (Wildman–Crippen LogP) is -1.21. The third kappa shape index (κ3) is 5.00. The van der Waals surface area contributed by atoms with Crippen LogP contribution in [0.4, 0.5) is 4.79 Å². The summed E-state index contributed by atoms with van der Waals surface area (Å²) in [6.45, 7) is 0.988. The smallest absolute Gasteiger partial charge is 0.326 e. The molecule has 1 saturated heterocycles. The van der Waals surface area contributed by atoms with Gasteiger partial charge in [-0.3, -0.25) is 4.79 Å². The lowest BCUT2D eigenvalue weighted by Crippen LogP contribution is -2.48. The number of aliphatic carboxylic acids is 1. The van der Waals surface area contributed by atoms with Crippen molar-refractivity contribution in [2.24, 2.45) is 5.73 Å². The number of hydrogen-bond donors (Lipinski definition) is 4. The Morgan fingerprint density at radius 3 is 2.67 bits per heavy atom. The van der Waals surface area contributed by atoms with Crippen LogP contribution in [0.3, 0.4) is 0 Å². The van der Waals surface area contributed by atoms with Crippen LogP contribution in [-0.4, -0.2) is 48.3 Å². The van der Waals surface area contributed by atoms with Crippen molar-refractivity contribution in [3.05, 3.63) is 0 Å². The molecule has 1 aliphatic rings. The van der Waals surface area contributed by atoms with Gasteiger partial charge in [0.25, 0.3) is 0 Å². The Bertz CT molecular complexity index is 327. The van der Waals surface area contributed by atoms with Gasteiger partial charge in [0, 0.05) is 13.2 Å². The summed E-state index contributed by atoms with van der Waals surface area (Å²) >= 11 is 0. The van der Waals surface area contributed by atoms with Gasteiger partial charge < -0.3 is 26.2 Å². The molecule has 0 aromatic heterocycles. The molecule has 8 nitrogen and oxygen atoms in total. The fourth-order valence-electron chi connectivity index (χ4n) is 1.62. The van der Waals surface area contributed by atoms with Crippen LogP contribution in [0.2, 0.25) is 0 Å². The number of nitrogens with one attached hydrogen (secondary N) is 2. The quantitative estimate of drug-likeness (QED) is 0.475. The third-order valence-electron chi connectivity index (χ3n) is 2.52. The van der Waals surface area contributed by atoms with Crippen LogP contribution in [0.15, 0.2) is 0 Å². The van der Waals surface area contributed by atoms with Crippen LogP contribution >= 0.6 is 0 Å². The van der Waals surface area contributed by atoms with E-state index in [1.807, 2.05) is 0 Å². The maximum Gasteiger partial charge on any atom is 0.326 e. The van der Waals surface area contributed by atoms with Crippen molar-refractivity contribution in [1.29, 1.82) is 0 Å². The fraction of sp³-hybridized carbons (Fsp3) is 0.700. The van der Waals surface area contributed by atoms with Gasteiger partial charge in [-0.2, -0.15) is 0 Å². The summed E-state index contributed by atoms with van der Waals surface area (Å²) in [7, 11) is 0. The SMILES string of the molecule is NC(=O)C[C@@H](NC(=O)NCC1CCCO1)C(=O)O. The van der Waals surface area contributed by atoms with Gasteiger partial charge in [-0.25, -0.2) is 9.59 Å². The number of urea groups is 1. The van der Waals surface area contributed by atoms with E-state index in [1.165, 1.54) is 0 Å². The summed E-state index contributed by atoms with van der Waals surface area (Å²) in [5, 5.41) is 13.4. The first kappa shape index (κ1) is 14.2. The summed E-state index contributed by atoms with van der Waals surface area (Å²) < 4.78 is 5.29. The average Bonchev–Trinajstić information content (AvgIpc) is 2.77. The molecule has 0 bridgehead atoms. The lowest BCUT2D eigenvalue weighted by Gasteiger charge is -2.15. The van der Waals surface area contributed by atoms with Gasteiger partial charge in [-0.05, 0) is 12.8 Å². The molecule has 8 heteroatoms. The Kier molecular flexibility index (Phi) is 5.37. The molecule has 2 atom stereocenters. The first-order chi connectivity index (χ1) is 8.49. The van der Waals surface area contributed by atoms with Crippen LogP contribution in [0.5, 0.6) is 0 Å². The molecule has 18 heavy (non-hydrogen) atoms. The van der Waals surface area contributed by atoms with E-state index in [2.05, 4.69) is 10.6 Å². The highest BCUT2D eigenvalue weighted by atomic mass is 16.5. The van der Waals surface area contributed by atoms with Crippen molar-refractivity contribution in [3.8, 4) is 0 Å². The monoisotopic (exact) mass is 259 g/mol. The van der Waals surface area contributed by atoms with Gasteiger partial charge in [0.2, 0.25) is 5.91 Å². The van der Waals surface area contributed by atoms with Crippen molar-refractivity contribution in [1.82, 2.24) is 10.6 Å². The number of rotatable bonds is 6. The van der Waals surface area contributed by atoms with Gasteiger partial charge in [-0.15, -0.1) is 0 Å². The van der Waals surface area contributed by atoms with Crippen LogP contribution < -0.4 is 16.4 Å². The number of primary amides is 1. The standard InChI is InChI=1S/C10H17N3O5/c11-8(14)4-7(9(15)16)13-10(17)12-5-6-2-1-3-18-6/h6-7H,1-5H2,(H2,11,14)(H,15,16)(H2,12,13,17)/t6?,7-/m1/s1. The Labute approximate surface area is 104 Å². The minimum atomic E-state index is -1.31. The molecule has 0 radical (unpaired) electrons. The second-order valence-corrected chi connectivity index (χ2v) is 4.05. The number of carboxylic acid groups (broad SMARTS) is 1. The van der Waals surface area contributed by atoms with Gasteiger partial charge in [0.1, 0.15) is 6.04 Å². The van der Waals surface area contributed by atoms with E-state index in [4.69, 9.17) is 15.6 Å². The van der Waals surface area contributed by atoms with Crippen molar-refractivity contribution in [2.75, 3.05) is 13.2 Å². The molecule has 1 rings (SSSR count). The zero-order valence-electron chi connectivity index (χ0n) is 9.85. The molecule has 1 unspecified atom stereocenters. The summed E-state index contributed by atoms with van der Waals surface area (Å²) in [6.07, 6.45) is 1.34. The Hall–Kier alpha value is -1.83. The van der Waals surface area contributed by atoms with Crippen LogP contribution in [0, 0.1) is 0 Å². The Morgan fingerprint density at radius 2 is 2.17 bits per heavy atom. The molecule has 1 heterocycles. The summed E-state index contributed by atoms with van der Waals surface area (Å²) in [5.41, 5.74) is 4.89. The molecule has 0 aromatic rings. The van der Waals surface area contributed by atoms with Crippen molar-refractivity contribution in [2.45, 2.75) is 31.4 Å². The molecule has 1 fully saturated rings. The molecule has 0 aliphatic carbocycles. The number of ether oxygens (including phenoxy) is 1. The highest BCUT2D eigenvalue weighted by Gasteiger charge is 2.23. The predicted molar refractivity (Wildman–Crippen MR) is 60.7 cm³/mol. The maximum absolute atomic E-state index is 11.4. The second-order valence-electron chi connectivity index (χ2n) is 4.05. The Morgan fingerprint density at radius 1 is 1.44 bits per heavy atom. The molecular formula is C10H17N3O5. The fourth-order valence-corrected chi connectivity index (χ4v) is 1.62. The topological polar surface area (TPSA) is 131 Å². The van der Waals surface area contributed by atoms with E-state index >= 15 is 0 Å². The average molecular weight is 259 g/mol. The Balaban J connectivity index is 2.31. The van der Waals surface area contributed by atoms with E-state index in [0.717, 1.165) is 12.8 Å². The van der Waals surface area contributed by atoms with E-state index in [9.17, 15) is 14.4 Å². The summed E-state index contributed by atoms with van der Waals surface area (Å²) in [4.78, 5) is 32.8. The zero-order valence-corrected chi connectivity index (χ0v) is 9.85. The second kappa shape index (κ2) is 6.80. The summed E-state index contributed by atoms with van der Waals surface area (Å²) in [5.74, 6) is -2.09. The first-order valence-electron chi connectivity index (χ1n) is 5.66. The first-order valence-corrected chi connectivity index (χ1v) is 5.66. The molecule has 5 N–H and O–H groups in total. The molecule has 0 saturated carbocycles. The van der Waals surface area contributed by atoms with Gasteiger partial charge >= 0.3 is 12.0 Å². The van der Waals surface area contributed by atoms with Crippen molar-refractivity contribution < 1.29 is 24.2 Å². The number of carbonyl (C=O) groups is 3. The number of amides is 3. The van der Waals surface area contributed by atoms with Gasteiger partial charge in [0.15, 0.2) is 0 Å². The van der Waals surface area contributed by atoms with E-state index in [0.29, 0.717) is 13.2 Å². The van der Waals surface area contributed by atoms with Crippen LogP contribution in [0.1, 0.15) is 19.3 Å². The lowest BCUT2D eigenvalue weighted by molar-refractivity contribution is -0.140. The highest BCUT2D eigenvalue weighted by molar-refractivity contribution is 5.87. The summed E-state index contributed by atoms with van der Waals surface area (Å²) in [6, 6.07) is -1.97. The molecule has 102 valence electrons. The van der Waals surface area contributed by atoms with Gasteiger partial charge in [-0.1, -0.05) is 0 Å². The van der Waals surface area contributed by atoms with E-state index in [1.54, 1.807) is 0 Å². The van der Waals surface area contributed by atoms with Crippen LogP contribution in [0.25, 0.3) is 0 Å². The lowest BCUT2D eigenvalue weighted by atomic mass is 10.2. The minimum absolute atomic E-state index is 0.0323. The molecule has 0 aromatic carbocycles. The van der Waals surface area contributed by atoms with Crippen LogP contribution in [-0.2, 0) is 14.3 Å². The highest BCUT2D eigenvalue weighted by Crippen LogP contribution is 2.10. The van der Waals surface area contributed by atoms with E-state index < -0.39 is 30.4 Å². The number of carboxylic acids is 1. The molecule has 3 amide bonds. The third-order valence-corrected chi connectivity index (χ3v) is 2.52. The largest absolute Gasteiger partial charge is 0.480 e. The van der Waals surface area contributed by atoms with Gasteiger partial charge in [0.05, 0.1) is 12.5 Å². The van der Waals surface area contributed by atoms with Crippen molar-refractivity contribution >= 4 is 17.9 Å². The number of carbonyl (C=O) groups excluding carboxylic acids is 2. The number of hydrogen-bond acceptors (Lipinski definition) is 4. The molecule has 1 aliphatic heterocycles. The minimum Gasteiger partial charge on any atom is -0.480 e. The number of nitrogens with two attached hydrogens (primary N) is 1. The zero-order chi connectivity index (χ0) is 13.5. The normalized spacial score (nSPS) is 20.1. The van der Waals surface area contributed by atoms with Crippen molar-refractivity contribution in [3.63, 3.8) is 0 Å². The van der Waals surface area contributed by atoms with E-state index in [-0.39, 0.29) is 6.10 Å². The molecular weight excluding hydrogens is 242 g/mol. The maximum atomic E-state index is 11.4. The molecule has 0 spiro atoms.